The van der Waals surface area contributed by atoms with Crippen molar-refractivity contribution in [2.45, 2.75) is 19.3 Å². The van der Waals surface area contributed by atoms with Crippen LogP contribution in [-0.4, -0.2) is 29.8 Å². The number of halogens is 2. The van der Waals surface area contributed by atoms with Crippen LogP contribution in [-0.2, 0) is 4.79 Å². The molecule has 4 nitrogen and oxygen atoms in total. The number of carbonyl (C=O) groups is 2. The summed E-state index contributed by atoms with van der Waals surface area (Å²) in [6, 6.07) is 5.15. The van der Waals surface area contributed by atoms with Crippen molar-refractivity contribution in [1.82, 2.24) is 4.90 Å². The van der Waals surface area contributed by atoms with Crippen LogP contribution in [0.2, 0.25) is 5.02 Å². The van der Waals surface area contributed by atoms with E-state index in [1.807, 2.05) is 4.90 Å². The van der Waals surface area contributed by atoms with Crippen LogP contribution in [0.3, 0.4) is 0 Å². The zero-order valence-electron chi connectivity index (χ0n) is 10.9. The number of nitrogens with two attached hydrogens (primary N) is 1. The summed E-state index contributed by atoms with van der Waals surface area (Å²) in [6.07, 6.45) is 2.05. The van der Waals surface area contributed by atoms with E-state index in [9.17, 15) is 9.59 Å². The number of rotatable bonds is 3. The molecule has 0 atom stereocenters. The van der Waals surface area contributed by atoms with Crippen LogP contribution >= 0.6 is 27.5 Å². The summed E-state index contributed by atoms with van der Waals surface area (Å²) < 4.78 is 0.703. The molecule has 0 bridgehead atoms. The highest BCUT2D eigenvalue weighted by Gasteiger charge is 2.25. The zero-order valence-corrected chi connectivity index (χ0v) is 13.3. The van der Waals surface area contributed by atoms with Crippen molar-refractivity contribution in [3.63, 3.8) is 0 Å². The summed E-state index contributed by atoms with van der Waals surface area (Å²) in [4.78, 5) is 25.1. The van der Waals surface area contributed by atoms with Gasteiger partial charge >= 0.3 is 0 Å². The molecule has 0 saturated carbocycles. The average Bonchev–Trinajstić information content (AvgIpc) is 2.38. The van der Waals surface area contributed by atoms with Crippen LogP contribution in [0, 0.1) is 5.92 Å². The van der Waals surface area contributed by atoms with Gasteiger partial charge in [-0.25, -0.2) is 0 Å². The number of likely N-dealkylation sites (tertiary alicyclic amines) is 1. The summed E-state index contributed by atoms with van der Waals surface area (Å²) in [5, 5.41) is 0.591. The summed E-state index contributed by atoms with van der Waals surface area (Å²) in [6.45, 7) is 1.32. The molecule has 2 N–H and O–H groups in total. The van der Waals surface area contributed by atoms with Gasteiger partial charge in [-0.15, -0.1) is 0 Å². The fourth-order valence-electron chi connectivity index (χ4n) is 2.46. The predicted molar refractivity (Wildman–Crippen MR) is 81.6 cm³/mol. The molecule has 1 aliphatic heterocycles. The number of benzene rings is 1. The van der Waals surface area contributed by atoms with E-state index in [2.05, 4.69) is 15.9 Å². The summed E-state index contributed by atoms with van der Waals surface area (Å²) >= 11 is 9.24. The van der Waals surface area contributed by atoms with Gasteiger partial charge in [-0.2, -0.15) is 0 Å². The topological polar surface area (TPSA) is 63.4 Å². The summed E-state index contributed by atoms with van der Waals surface area (Å²) in [5.74, 6) is 0.0199. The SMILES string of the molecule is NC(=O)CC1CCN(C(=O)c2ccc(Cl)cc2Br)CC1. The molecule has 0 unspecified atom stereocenters. The van der Waals surface area contributed by atoms with Crippen LogP contribution < -0.4 is 5.73 Å². The average molecular weight is 360 g/mol. The molecule has 1 aromatic rings. The number of piperidine rings is 1. The highest BCUT2D eigenvalue weighted by atomic mass is 79.9. The van der Waals surface area contributed by atoms with E-state index in [4.69, 9.17) is 17.3 Å². The van der Waals surface area contributed by atoms with Crippen molar-refractivity contribution in [1.29, 1.82) is 0 Å². The molecule has 1 aliphatic rings. The third-order valence-corrected chi connectivity index (χ3v) is 4.44. The quantitative estimate of drug-likeness (QED) is 0.902. The lowest BCUT2D eigenvalue weighted by Gasteiger charge is -2.31. The third-order valence-electron chi connectivity index (χ3n) is 3.55. The van der Waals surface area contributed by atoms with Gasteiger partial charge in [0, 0.05) is 29.0 Å². The zero-order chi connectivity index (χ0) is 14.7. The molecule has 1 fully saturated rings. The Kier molecular flexibility index (Phi) is 5.05. The molecule has 1 aromatic carbocycles. The van der Waals surface area contributed by atoms with Gasteiger partial charge in [-0.3, -0.25) is 9.59 Å². The van der Waals surface area contributed by atoms with Crippen molar-refractivity contribution in [3.05, 3.63) is 33.3 Å². The van der Waals surface area contributed by atoms with Gasteiger partial charge in [0.1, 0.15) is 0 Å². The highest BCUT2D eigenvalue weighted by Crippen LogP contribution is 2.26. The van der Waals surface area contributed by atoms with Gasteiger partial charge in [0.2, 0.25) is 5.91 Å². The van der Waals surface area contributed by atoms with E-state index in [1.54, 1.807) is 18.2 Å². The number of carbonyl (C=O) groups excluding carboxylic acids is 2. The normalized spacial score (nSPS) is 16.2. The first-order valence-electron chi connectivity index (χ1n) is 6.50. The first-order chi connectivity index (χ1) is 9.47. The molecule has 2 rings (SSSR count). The first-order valence-corrected chi connectivity index (χ1v) is 7.67. The first kappa shape index (κ1) is 15.3. The molecule has 0 aliphatic carbocycles. The Morgan fingerprint density at radius 2 is 2.00 bits per heavy atom. The Bertz CT molecular complexity index is 528. The Balaban J connectivity index is 1.99. The van der Waals surface area contributed by atoms with Crippen molar-refractivity contribution in [3.8, 4) is 0 Å². The van der Waals surface area contributed by atoms with Crippen molar-refractivity contribution in [2.75, 3.05) is 13.1 Å². The molecule has 1 saturated heterocycles. The number of nitrogens with zero attached hydrogens (tertiary/aromatic N) is 1. The number of hydrogen-bond donors (Lipinski definition) is 1. The van der Waals surface area contributed by atoms with Crippen molar-refractivity contribution < 1.29 is 9.59 Å². The molecule has 6 heteroatoms. The van der Waals surface area contributed by atoms with E-state index < -0.39 is 0 Å². The van der Waals surface area contributed by atoms with Crippen LogP contribution in [0.4, 0.5) is 0 Å². The maximum Gasteiger partial charge on any atom is 0.254 e. The number of hydrogen-bond acceptors (Lipinski definition) is 2. The lowest BCUT2D eigenvalue weighted by atomic mass is 9.93. The van der Waals surface area contributed by atoms with Crippen molar-refractivity contribution in [2.24, 2.45) is 11.7 Å². The Morgan fingerprint density at radius 3 is 2.55 bits per heavy atom. The van der Waals surface area contributed by atoms with Crippen molar-refractivity contribution >= 4 is 39.3 Å². The minimum Gasteiger partial charge on any atom is -0.370 e. The van der Waals surface area contributed by atoms with Gasteiger partial charge in [0.05, 0.1) is 5.56 Å². The van der Waals surface area contributed by atoms with Crippen LogP contribution in [0.1, 0.15) is 29.6 Å². The highest BCUT2D eigenvalue weighted by molar-refractivity contribution is 9.10. The number of primary amides is 1. The van der Waals surface area contributed by atoms with E-state index in [0.717, 1.165) is 12.8 Å². The molecule has 108 valence electrons. The molecule has 20 heavy (non-hydrogen) atoms. The van der Waals surface area contributed by atoms with E-state index in [-0.39, 0.29) is 11.8 Å². The fraction of sp³-hybridized carbons (Fsp3) is 0.429. The Hall–Kier alpha value is -1.07. The second-order valence-corrected chi connectivity index (χ2v) is 6.32. The Labute approximate surface area is 131 Å². The largest absolute Gasteiger partial charge is 0.370 e. The van der Waals surface area contributed by atoms with E-state index in [1.165, 1.54) is 0 Å². The van der Waals surface area contributed by atoms with Gasteiger partial charge < -0.3 is 10.6 Å². The predicted octanol–water partition coefficient (Wildman–Crippen LogP) is 2.83. The molecule has 2 amide bonds. The van der Waals surface area contributed by atoms with Crippen LogP contribution in [0.15, 0.2) is 22.7 Å². The molecule has 1 heterocycles. The summed E-state index contributed by atoms with van der Waals surface area (Å²) in [5.41, 5.74) is 5.82. The van der Waals surface area contributed by atoms with E-state index >= 15 is 0 Å². The third kappa shape index (κ3) is 3.73. The fourth-order valence-corrected chi connectivity index (χ4v) is 3.31. The standard InChI is InChI=1S/C14H16BrClN2O2/c15-12-8-10(16)1-2-11(12)14(20)18-5-3-9(4-6-18)7-13(17)19/h1-2,8-9H,3-7H2,(H2,17,19). The molecule has 0 aromatic heterocycles. The van der Waals surface area contributed by atoms with Gasteiger partial charge in [-0.1, -0.05) is 11.6 Å². The minimum absolute atomic E-state index is 0.00827. The molecular formula is C14H16BrClN2O2. The maximum absolute atomic E-state index is 12.4. The minimum atomic E-state index is -0.268. The molecule has 0 radical (unpaired) electrons. The molecular weight excluding hydrogens is 344 g/mol. The Morgan fingerprint density at radius 1 is 1.35 bits per heavy atom. The summed E-state index contributed by atoms with van der Waals surface area (Å²) in [7, 11) is 0. The van der Waals surface area contributed by atoms with Gasteiger partial charge in [0.15, 0.2) is 0 Å². The second kappa shape index (κ2) is 6.59. The van der Waals surface area contributed by atoms with Gasteiger partial charge in [-0.05, 0) is 52.9 Å². The smallest absolute Gasteiger partial charge is 0.254 e. The second-order valence-electron chi connectivity index (χ2n) is 5.03. The maximum atomic E-state index is 12.4. The lowest BCUT2D eigenvalue weighted by Crippen LogP contribution is -2.39. The molecule has 0 spiro atoms. The van der Waals surface area contributed by atoms with Crippen LogP contribution in [0.25, 0.3) is 0 Å². The van der Waals surface area contributed by atoms with Crippen LogP contribution in [0.5, 0.6) is 0 Å². The number of amides is 2. The lowest BCUT2D eigenvalue weighted by molar-refractivity contribution is -0.119. The van der Waals surface area contributed by atoms with E-state index in [0.29, 0.717) is 40.5 Å². The van der Waals surface area contributed by atoms with Gasteiger partial charge in [0.25, 0.3) is 5.91 Å². The monoisotopic (exact) mass is 358 g/mol.